The Morgan fingerprint density at radius 3 is 2.61 bits per heavy atom. The van der Waals surface area contributed by atoms with Gasteiger partial charge in [-0.05, 0) is 42.9 Å². The molecule has 3 rings (SSSR count). The SMILES string of the molecule is CCc1cc2cccc(C(F)(F)F)c2c(=O)n1C1=CCCC=C1. The zero-order chi connectivity index (χ0) is 16.6. The highest BCUT2D eigenvalue weighted by atomic mass is 19.4. The Morgan fingerprint density at radius 2 is 2.00 bits per heavy atom. The van der Waals surface area contributed by atoms with Crippen molar-refractivity contribution in [3.8, 4) is 0 Å². The fourth-order valence-electron chi connectivity index (χ4n) is 2.96. The van der Waals surface area contributed by atoms with Gasteiger partial charge in [0, 0.05) is 11.4 Å². The van der Waals surface area contributed by atoms with Crippen LogP contribution in [0.3, 0.4) is 0 Å². The normalized spacial score (nSPS) is 15.0. The molecule has 0 spiro atoms. The summed E-state index contributed by atoms with van der Waals surface area (Å²) in [6.07, 6.45) is 3.28. The van der Waals surface area contributed by atoms with Crippen molar-refractivity contribution in [2.45, 2.75) is 32.4 Å². The molecule has 0 saturated heterocycles. The summed E-state index contributed by atoms with van der Waals surface area (Å²) >= 11 is 0. The number of fused-ring (bicyclic) bond motifs is 1. The second-order valence-corrected chi connectivity index (χ2v) is 5.51. The van der Waals surface area contributed by atoms with Gasteiger partial charge in [-0.1, -0.05) is 31.2 Å². The van der Waals surface area contributed by atoms with Crippen molar-refractivity contribution in [1.29, 1.82) is 0 Å². The van der Waals surface area contributed by atoms with Crippen LogP contribution in [0.15, 0.2) is 47.3 Å². The summed E-state index contributed by atoms with van der Waals surface area (Å²) in [5.74, 6) is 0. The summed E-state index contributed by atoms with van der Waals surface area (Å²) in [5.41, 5.74) is -0.126. The van der Waals surface area contributed by atoms with Gasteiger partial charge >= 0.3 is 6.18 Å². The third-order valence-corrected chi connectivity index (χ3v) is 4.02. The number of allylic oxidation sites excluding steroid dienone is 4. The van der Waals surface area contributed by atoms with E-state index in [1.54, 1.807) is 18.2 Å². The maximum absolute atomic E-state index is 13.3. The van der Waals surface area contributed by atoms with E-state index in [4.69, 9.17) is 0 Å². The molecule has 0 aliphatic heterocycles. The number of aryl methyl sites for hydroxylation is 1. The van der Waals surface area contributed by atoms with Crippen LogP contribution in [0, 0.1) is 0 Å². The second-order valence-electron chi connectivity index (χ2n) is 5.51. The molecule has 1 aromatic carbocycles. The number of benzene rings is 1. The van der Waals surface area contributed by atoms with Crippen molar-refractivity contribution >= 4 is 16.5 Å². The van der Waals surface area contributed by atoms with Gasteiger partial charge in [-0.3, -0.25) is 9.36 Å². The number of alkyl halides is 3. The van der Waals surface area contributed by atoms with Gasteiger partial charge in [0.15, 0.2) is 0 Å². The zero-order valence-corrected chi connectivity index (χ0v) is 12.7. The third-order valence-electron chi connectivity index (χ3n) is 4.02. The van der Waals surface area contributed by atoms with Crippen LogP contribution in [0.5, 0.6) is 0 Å². The first-order valence-electron chi connectivity index (χ1n) is 7.55. The number of nitrogens with zero attached hydrogens (tertiary/aromatic N) is 1. The summed E-state index contributed by atoms with van der Waals surface area (Å²) in [5, 5.41) is 0.0652. The first kappa shape index (κ1) is 15.6. The first-order chi connectivity index (χ1) is 10.9. The molecule has 0 atom stereocenters. The van der Waals surface area contributed by atoms with Gasteiger partial charge in [0.25, 0.3) is 5.56 Å². The molecular weight excluding hydrogens is 303 g/mol. The van der Waals surface area contributed by atoms with Crippen molar-refractivity contribution in [3.05, 3.63) is 64.1 Å². The Balaban J connectivity index is 2.41. The van der Waals surface area contributed by atoms with E-state index in [9.17, 15) is 18.0 Å². The minimum atomic E-state index is -4.55. The fourth-order valence-corrected chi connectivity index (χ4v) is 2.96. The van der Waals surface area contributed by atoms with Crippen LogP contribution in [0.2, 0.25) is 0 Å². The van der Waals surface area contributed by atoms with Crippen molar-refractivity contribution in [1.82, 2.24) is 4.57 Å². The number of aromatic nitrogens is 1. The van der Waals surface area contributed by atoms with Crippen molar-refractivity contribution in [3.63, 3.8) is 0 Å². The van der Waals surface area contributed by atoms with E-state index in [0.29, 0.717) is 23.2 Å². The minimum Gasteiger partial charge on any atom is -0.281 e. The van der Waals surface area contributed by atoms with Crippen LogP contribution in [0.1, 0.15) is 31.0 Å². The summed E-state index contributed by atoms with van der Waals surface area (Å²) < 4.78 is 41.2. The molecule has 1 heterocycles. The van der Waals surface area contributed by atoms with Crippen LogP contribution in [-0.2, 0) is 12.6 Å². The summed E-state index contributed by atoms with van der Waals surface area (Å²) in [7, 11) is 0. The van der Waals surface area contributed by atoms with Crippen LogP contribution in [0.4, 0.5) is 13.2 Å². The highest BCUT2D eigenvalue weighted by Crippen LogP contribution is 2.34. The van der Waals surface area contributed by atoms with E-state index in [2.05, 4.69) is 0 Å². The molecule has 2 nitrogen and oxygen atoms in total. The lowest BCUT2D eigenvalue weighted by Crippen LogP contribution is -2.25. The van der Waals surface area contributed by atoms with Gasteiger partial charge in [-0.15, -0.1) is 0 Å². The molecule has 1 aliphatic rings. The number of hydrogen-bond acceptors (Lipinski definition) is 1. The Hall–Kier alpha value is -2.30. The van der Waals surface area contributed by atoms with Crippen LogP contribution in [-0.4, -0.2) is 4.57 Å². The molecule has 0 N–H and O–H groups in total. The average molecular weight is 319 g/mol. The standard InChI is InChI=1S/C18H16F3NO/c1-2-13-11-12-7-6-10-15(18(19,20)21)16(12)17(23)22(13)14-8-4-3-5-9-14/h4,6-11H,2-3,5H2,1H3. The Labute approximate surface area is 131 Å². The van der Waals surface area contributed by atoms with E-state index in [1.165, 1.54) is 10.6 Å². The molecule has 1 aliphatic carbocycles. The number of pyridine rings is 1. The molecule has 0 fully saturated rings. The van der Waals surface area contributed by atoms with E-state index in [1.807, 2.05) is 19.1 Å². The van der Waals surface area contributed by atoms with E-state index >= 15 is 0 Å². The fraction of sp³-hybridized carbons (Fsp3) is 0.278. The van der Waals surface area contributed by atoms with Crippen molar-refractivity contribution in [2.75, 3.05) is 0 Å². The van der Waals surface area contributed by atoms with Gasteiger partial charge in [0.05, 0.1) is 10.9 Å². The predicted octanol–water partition coefficient (Wildman–Crippen LogP) is 4.77. The van der Waals surface area contributed by atoms with Crippen LogP contribution < -0.4 is 5.56 Å². The molecule has 5 heteroatoms. The second kappa shape index (κ2) is 5.72. The number of halogens is 3. The maximum Gasteiger partial charge on any atom is 0.417 e. The van der Waals surface area contributed by atoms with Crippen LogP contribution >= 0.6 is 0 Å². The Morgan fingerprint density at radius 1 is 1.22 bits per heavy atom. The first-order valence-corrected chi connectivity index (χ1v) is 7.55. The minimum absolute atomic E-state index is 0.267. The topological polar surface area (TPSA) is 22.0 Å². The lowest BCUT2D eigenvalue weighted by atomic mass is 10.0. The van der Waals surface area contributed by atoms with Gasteiger partial charge in [-0.2, -0.15) is 13.2 Å². The van der Waals surface area contributed by atoms with Crippen LogP contribution in [0.25, 0.3) is 16.5 Å². The Kier molecular flexibility index (Phi) is 3.88. The summed E-state index contributed by atoms with van der Waals surface area (Å²) in [6, 6.07) is 5.54. The largest absolute Gasteiger partial charge is 0.417 e. The molecular formula is C18H16F3NO. The van der Waals surface area contributed by atoms with E-state index in [-0.39, 0.29) is 5.39 Å². The average Bonchev–Trinajstić information content (AvgIpc) is 2.54. The monoisotopic (exact) mass is 319 g/mol. The van der Waals surface area contributed by atoms with Crippen molar-refractivity contribution < 1.29 is 13.2 Å². The van der Waals surface area contributed by atoms with Gasteiger partial charge in [0.1, 0.15) is 0 Å². The molecule has 1 aromatic heterocycles. The smallest absolute Gasteiger partial charge is 0.281 e. The van der Waals surface area contributed by atoms with E-state index in [0.717, 1.165) is 18.9 Å². The third kappa shape index (κ3) is 2.71. The maximum atomic E-state index is 13.3. The van der Waals surface area contributed by atoms with Crippen molar-refractivity contribution in [2.24, 2.45) is 0 Å². The summed E-state index contributed by atoms with van der Waals surface area (Å²) in [6.45, 7) is 1.89. The zero-order valence-electron chi connectivity index (χ0n) is 12.7. The highest BCUT2D eigenvalue weighted by molar-refractivity contribution is 5.87. The van der Waals surface area contributed by atoms with Gasteiger partial charge in [0.2, 0.25) is 0 Å². The molecule has 0 saturated carbocycles. The molecule has 0 bridgehead atoms. The molecule has 0 unspecified atom stereocenters. The molecule has 2 aromatic rings. The quantitative estimate of drug-likeness (QED) is 0.781. The summed E-state index contributed by atoms with van der Waals surface area (Å²) in [4.78, 5) is 12.9. The molecule has 120 valence electrons. The highest BCUT2D eigenvalue weighted by Gasteiger charge is 2.34. The molecule has 23 heavy (non-hydrogen) atoms. The van der Waals surface area contributed by atoms with Gasteiger partial charge in [-0.25, -0.2) is 0 Å². The predicted molar refractivity (Wildman–Crippen MR) is 85.2 cm³/mol. The molecule has 0 amide bonds. The number of rotatable bonds is 2. The van der Waals surface area contributed by atoms with E-state index < -0.39 is 17.3 Å². The molecule has 0 radical (unpaired) electrons. The lowest BCUT2D eigenvalue weighted by molar-refractivity contribution is -0.136. The van der Waals surface area contributed by atoms with Gasteiger partial charge < -0.3 is 0 Å². The lowest BCUT2D eigenvalue weighted by Gasteiger charge is -2.18. The number of hydrogen-bond donors (Lipinski definition) is 0. The Bertz CT molecular complexity index is 872.